The molecular weight excluding hydrogens is 276 g/mol. The van der Waals surface area contributed by atoms with Crippen molar-refractivity contribution in [2.75, 3.05) is 6.54 Å². The second-order valence-electron chi connectivity index (χ2n) is 7.50. The minimum atomic E-state index is -0.622. The number of rotatable bonds is 3. The number of primary amides is 1. The number of pyridine rings is 1. The van der Waals surface area contributed by atoms with Crippen LogP contribution in [-0.4, -0.2) is 34.2 Å². The van der Waals surface area contributed by atoms with Crippen molar-refractivity contribution in [3.8, 4) is 0 Å². The van der Waals surface area contributed by atoms with Crippen LogP contribution in [0.3, 0.4) is 0 Å². The molecule has 2 saturated carbocycles. The molecule has 2 N–H and O–H groups in total. The van der Waals surface area contributed by atoms with E-state index in [2.05, 4.69) is 23.9 Å². The van der Waals surface area contributed by atoms with E-state index in [1.165, 1.54) is 6.42 Å². The van der Waals surface area contributed by atoms with Crippen LogP contribution in [0, 0.1) is 16.7 Å². The third-order valence-corrected chi connectivity index (χ3v) is 6.97. The largest absolute Gasteiger partial charge is 0.368 e. The van der Waals surface area contributed by atoms with Gasteiger partial charge in [-0.15, -0.1) is 0 Å². The highest BCUT2D eigenvalue weighted by Crippen LogP contribution is 2.75. The molecule has 22 heavy (non-hydrogen) atoms. The first-order valence-corrected chi connectivity index (χ1v) is 7.96. The van der Waals surface area contributed by atoms with Crippen LogP contribution in [0.1, 0.15) is 38.7 Å². The minimum Gasteiger partial charge on any atom is -0.368 e. The number of hydrogen-bond acceptors (Lipinski definition) is 4. The van der Waals surface area contributed by atoms with Crippen LogP contribution in [0.4, 0.5) is 0 Å². The van der Waals surface area contributed by atoms with Gasteiger partial charge in [-0.05, 0) is 36.7 Å². The first kappa shape index (κ1) is 13.7. The van der Waals surface area contributed by atoms with Crippen molar-refractivity contribution in [3.63, 3.8) is 0 Å². The van der Waals surface area contributed by atoms with E-state index in [0.717, 1.165) is 24.9 Å². The van der Waals surface area contributed by atoms with Crippen molar-refractivity contribution in [3.05, 3.63) is 30.1 Å². The molecule has 1 aromatic rings. The Bertz CT molecular complexity index is 660. The van der Waals surface area contributed by atoms with E-state index >= 15 is 0 Å². The van der Waals surface area contributed by atoms with Gasteiger partial charge in [0.2, 0.25) is 5.91 Å². The van der Waals surface area contributed by atoms with Gasteiger partial charge in [-0.25, -0.2) is 0 Å². The number of hydrogen-bond donors (Lipinski definition) is 1. The molecule has 5 nitrogen and oxygen atoms in total. The predicted octanol–water partition coefficient (Wildman–Crippen LogP) is 1.78. The molecule has 2 heterocycles. The Morgan fingerprint density at radius 3 is 3.00 bits per heavy atom. The summed E-state index contributed by atoms with van der Waals surface area (Å²) < 4.78 is 0. The van der Waals surface area contributed by atoms with Crippen LogP contribution < -0.4 is 5.73 Å². The van der Waals surface area contributed by atoms with E-state index in [1.54, 1.807) is 18.6 Å². The van der Waals surface area contributed by atoms with Gasteiger partial charge in [0.1, 0.15) is 5.54 Å². The summed E-state index contributed by atoms with van der Waals surface area (Å²) in [5.74, 6) is 0.374. The standard InChI is InChI=1S/C17H22N4O/c1-15-11-21(20-10-12-4-3-7-19-9-12)17(14(18)22)8-13(15)5-6-16(15,17)2/h3-4,7,9-10,13H,5-6,8,11H2,1-2H3,(H2,18,22)/b20-10-/t13-,15+,16-,17+/m1/s1. The van der Waals surface area contributed by atoms with E-state index in [-0.39, 0.29) is 16.7 Å². The van der Waals surface area contributed by atoms with Crippen LogP contribution in [0.5, 0.6) is 0 Å². The monoisotopic (exact) mass is 298 g/mol. The van der Waals surface area contributed by atoms with Crippen LogP contribution in [-0.2, 0) is 4.79 Å². The number of piperidine rings is 1. The quantitative estimate of drug-likeness (QED) is 0.865. The maximum absolute atomic E-state index is 12.4. The van der Waals surface area contributed by atoms with Gasteiger partial charge in [0.15, 0.2) is 0 Å². The van der Waals surface area contributed by atoms with Gasteiger partial charge in [0.25, 0.3) is 0 Å². The lowest BCUT2D eigenvalue weighted by atomic mass is 9.65. The molecule has 3 fully saturated rings. The third kappa shape index (κ3) is 1.33. The molecular formula is C17H22N4O. The van der Waals surface area contributed by atoms with Crippen molar-refractivity contribution < 1.29 is 4.79 Å². The highest BCUT2D eigenvalue weighted by Gasteiger charge is 2.80. The number of carbonyl (C=O) groups excluding carboxylic acids is 1. The van der Waals surface area contributed by atoms with Crippen molar-refractivity contribution in [2.24, 2.45) is 27.6 Å². The summed E-state index contributed by atoms with van der Waals surface area (Å²) in [6, 6.07) is 3.84. The number of amides is 1. The number of aromatic nitrogens is 1. The molecule has 4 rings (SSSR count). The van der Waals surface area contributed by atoms with Crippen LogP contribution in [0.2, 0.25) is 0 Å². The summed E-state index contributed by atoms with van der Waals surface area (Å²) in [4.78, 5) is 16.5. The van der Waals surface area contributed by atoms with Crippen LogP contribution in [0.15, 0.2) is 29.6 Å². The fraction of sp³-hybridized carbons (Fsp3) is 0.588. The lowest BCUT2D eigenvalue weighted by molar-refractivity contribution is -0.135. The third-order valence-electron chi connectivity index (χ3n) is 6.97. The van der Waals surface area contributed by atoms with Gasteiger partial charge < -0.3 is 5.73 Å². The average molecular weight is 298 g/mol. The topological polar surface area (TPSA) is 71.6 Å². The smallest absolute Gasteiger partial charge is 0.245 e. The molecule has 1 aromatic heterocycles. The molecule has 116 valence electrons. The molecule has 5 heteroatoms. The molecule has 1 aliphatic heterocycles. The summed E-state index contributed by atoms with van der Waals surface area (Å²) >= 11 is 0. The lowest BCUT2D eigenvalue weighted by Crippen LogP contribution is -2.60. The van der Waals surface area contributed by atoms with Gasteiger partial charge in [0, 0.05) is 29.9 Å². The molecule has 1 saturated heterocycles. The number of nitrogens with zero attached hydrogens (tertiary/aromatic N) is 3. The molecule has 0 spiro atoms. The second-order valence-corrected chi connectivity index (χ2v) is 7.50. The molecule has 4 atom stereocenters. The molecule has 1 amide bonds. The Labute approximate surface area is 130 Å². The molecule has 0 unspecified atom stereocenters. The van der Waals surface area contributed by atoms with E-state index in [0.29, 0.717) is 5.92 Å². The lowest BCUT2D eigenvalue weighted by Gasteiger charge is -2.44. The summed E-state index contributed by atoms with van der Waals surface area (Å²) in [6.07, 6.45) is 8.42. The highest BCUT2D eigenvalue weighted by molar-refractivity contribution is 5.88. The fourth-order valence-corrected chi connectivity index (χ4v) is 5.47. The van der Waals surface area contributed by atoms with Gasteiger partial charge in [0.05, 0.1) is 6.21 Å². The Kier molecular flexibility index (Phi) is 2.55. The Balaban J connectivity index is 1.74. The molecule has 4 bridgehead atoms. The first-order chi connectivity index (χ1) is 10.4. The van der Waals surface area contributed by atoms with Crippen molar-refractivity contribution in [1.82, 2.24) is 9.99 Å². The second kappa shape index (κ2) is 4.09. The summed E-state index contributed by atoms with van der Waals surface area (Å²) in [5, 5.41) is 6.62. The van der Waals surface area contributed by atoms with E-state index in [9.17, 15) is 4.79 Å². The predicted molar refractivity (Wildman–Crippen MR) is 84.0 cm³/mol. The minimum absolute atomic E-state index is 0.0667. The van der Waals surface area contributed by atoms with E-state index < -0.39 is 5.54 Å². The van der Waals surface area contributed by atoms with Crippen LogP contribution >= 0.6 is 0 Å². The zero-order chi connectivity index (χ0) is 15.6. The van der Waals surface area contributed by atoms with Gasteiger partial charge in [-0.3, -0.25) is 14.8 Å². The normalized spacial score (nSPS) is 42.5. The maximum atomic E-state index is 12.4. The molecule has 3 aliphatic rings. The summed E-state index contributed by atoms with van der Waals surface area (Å²) in [6.45, 7) is 5.37. The van der Waals surface area contributed by atoms with E-state index in [4.69, 9.17) is 5.73 Å². The van der Waals surface area contributed by atoms with Gasteiger partial charge in [-0.2, -0.15) is 5.10 Å². The van der Waals surface area contributed by atoms with Crippen molar-refractivity contribution >= 4 is 12.1 Å². The van der Waals surface area contributed by atoms with Gasteiger partial charge in [-0.1, -0.05) is 19.9 Å². The summed E-state index contributed by atoms with van der Waals surface area (Å²) in [5.41, 5.74) is 6.27. The van der Waals surface area contributed by atoms with Crippen LogP contribution in [0.25, 0.3) is 0 Å². The maximum Gasteiger partial charge on any atom is 0.245 e. The van der Waals surface area contributed by atoms with Gasteiger partial charge >= 0.3 is 0 Å². The molecule has 2 aliphatic carbocycles. The SMILES string of the molecule is C[C@]12CC[C@@H]3C[C@@]1(C(N)=O)N(/N=C\c1cccnc1)C[C@@]32C. The Morgan fingerprint density at radius 1 is 1.55 bits per heavy atom. The zero-order valence-corrected chi connectivity index (χ0v) is 13.1. The molecule has 0 radical (unpaired) electrons. The fourth-order valence-electron chi connectivity index (χ4n) is 5.47. The number of hydrazone groups is 1. The summed E-state index contributed by atoms with van der Waals surface area (Å²) in [7, 11) is 0. The van der Waals surface area contributed by atoms with E-state index in [1.807, 2.05) is 17.1 Å². The Hall–Kier alpha value is -1.91. The number of nitrogens with two attached hydrogens (primary N) is 1. The average Bonchev–Trinajstić information content (AvgIpc) is 2.95. The first-order valence-electron chi connectivity index (χ1n) is 7.96. The Morgan fingerprint density at radius 2 is 2.36 bits per heavy atom. The number of carbonyl (C=O) groups is 1. The van der Waals surface area contributed by atoms with Crippen molar-refractivity contribution in [1.29, 1.82) is 0 Å². The molecule has 0 aromatic carbocycles. The van der Waals surface area contributed by atoms with Crippen molar-refractivity contribution in [2.45, 2.75) is 38.6 Å². The zero-order valence-electron chi connectivity index (χ0n) is 13.1. The highest BCUT2D eigenvalue weighted by atomic mass is 16.2.